The van der Waals surface area contributed by atoms with Crippen LogP contribution in [0.25, 0.3) is 0 Å². The van der Waals surface area contributed by atoms with Gasteiger partial charge in [-0.25, -0.2) is 0 Å². The summed E-state index contributed by atoms with van der Waals surface area (Å²) in [6, 6.07) is 7.88. The Bertz CT molecular complexity index is 469. The molecule has 0 aliphatic heterocycles. The Hall–Kier alpha value is -1.88. The molecule has 0 aliphatic rings. The maximum Gasteiger partial charge on any atom is 0.238 e. The summed E-state index contributed by atoms with van der Waals surface area (Å²) in [5, 5.41) is 5.62. The summed E-state index contributed by atoms with van der Waals surface area (Å²) in [7, 11) is 1.75. The number of nitrogens with one attached hydrogen (secondary N) is 2. The van der Waals surface area contributed by atoms with Crippen LogP contribution < -0.4 is 10.6 Å². The van der Waals surface area contributed by atoms with Crippen molar-refractivity contribution in [2.45, 2.75) is 33.2 Å². The van der Waals surface area contributed by atoms with E-state index in [1.54, 1.807) is 11.9 Å². The van der Waals surface area contributed by atoms with E-state index in [0.717, 1.165) is 12.1 Å². The second kappa shape index (κ2) is 8.42. The molecule has 0 aromatic heterocycles. The summed E-state index contributed by atoms with van der Waals surface area (Å²) in [6.45, 7) is 6.29. The van der Waals surface area contributed by atoms with Crippen LogP contribution >= 0.6 is 0 Å². The van der Waals surface area contributed by atoms with E-state index >= 15 is 0 Å². The van der Waals surface area contributed by atoms with Gasteiger partial charge in [-0.1, -0.05) is 19.1 Å². The van der Waals surface area contributed by atoms with Crippen LogP contribution in [0.4, 0.5) is 5.69 Å². The average molecular weight is 291 g/mol. The molecule has 0 aliphatic carbocycles. The van der Waals surface area contributed by atoms with E-state index in [-0.39, 0.29) is 30.9 Å². The molecule has 0 saturated heterocycles. The Labute approximate surface area is 126 Å². The van der Waals surface area contributed by atoms with Gasteiger partial charge in [-0.2, -0.15) is 0 Å². The molecule has 5 nitrogen and oxygen atoms in total. The number of amides is 2. The minimum Gasteiger partial charge on any atom is -0.353 e. The van der Waals surface area contributed by atoms with E-state index in [1.807, 2.05) is 38.1 Å². The summed E-state index contributed by atoms with van der Waals surface area (Å²) in [5.74, 6) is -0.202. The Morgan fingerprint density at radius 3 is 2.19 bits per heavy atom. The molecule has 21 heavy (non-hydrogen) atoms. The highest BCUT2D eigenvalue weighted by Crippen LogP contribution is 2.09. The molecule has 1 aromatic carbocycles. The summed E-state index contributed by atoms with van der Waals surface area (Å²) < 4.78 is 0. The van der Waals surface area contributed by atoms with Crippen LogP contribution in [-0.4, -0.2) is 42.9 Å². The molecule has 0 unspecified atom stereocenters. The topological polar surface area (TPSA) is 61.4 Å². The number of rotatable bonds is 7. The molecule has 0 bridgehead atoms. The minimum absolute atomic E-state index is 0.0763. The van der Waals surface area contributed by atoms with Crippen molar-refractivity contribution < 1.29 is 9.59 Å². The predicted octanol–water partition coefficient (Wildman–Crippen LogP) is 1.64. The number of benzene rings is 1. The first-order chi connectivity index (χ1) is 9.90. The molecule has 0 spiro atoms. The zero-order valence-corrected chi connectivity index (χ0v) is 13.3. The summed E-state index contributed by atoms with van der Waals surface area (Å²) in [6.07, 6.45) is 0.974. The monoisotopic (exact) mass is 291 g/mol. The number of anilines is 1. The highest BCUT2D eigenvalue weighted by atomic mass is 16.2. The highest BCUT2D eigenvalue weighted by Gasteiger charge is 2.11. The number of hydrogen-bond acceptors (Lipinski definition) is 3. The quantitative estimate of drug-likeness (QED) is 0.803. The van der Waals surface area contributed by atoms with Crippen molar-refractivity contribution in [2.75, 3.05) is 25.5 Å². The van der Waals surface area contributed by atoms with Crippen molar-refractivity contribution in [1.29, 1.82) is 0 Å². The van der Waals surface area contributed by atoms with Gasteiger partial charge in [0, 0.05) is 11.7 Å². The Morgan fingerprint density at radius 2 is 1.67 bits per heavy atom. The average Bonchev–Trinajstić information content (AvgIpc) is 2.37. The molecule has 0 radical (unpaired) electrons. The number of likely N-dealkylation sites (N-methyl/N-ethyl adjacent to an activating group) is 1. The fourth-order valence-corrected chi connectivity index (χ4v) is 1.94. The van der Waals surface area contributed by atoms with Crippen LogP contribution in [0.2, 0.25) is 0 Å². The minimum atomic E-state index is -0.126. The molecule has 0 saturated carbocycles. The van der Waals surface area contributed by atoms with E-state index in [9.17, 15) is 9.59 Å². The molecule has 0 atom stereocenters. The van der Waals surface area contributed by atoms with Crippen LogP contribution in [0.3, 0.4) is 0 Å². The van der Waals surface area contributed by atoms with Crippen molar-refractivity contribution in [3.63, 3.8) is 0 Å². The molecule has 5 heteroatoms. The van der Waals surface area contributed by atoms with Gasteiger partial charge in [0.2, 0.25) is 11.8 Å². The van der Waals surface area contributed by atoms with Crippen molar-refractivity contribution in [1.82, 2.24) is 10.2 Å². The van der Waals surface area contributed by atoms with Gasteiger partial charge in [-0.05, 0) is 45.0 Å². The molecule has 1 rings (SSSR count). The first kappa shape index (κ1) is 17.2. The van der Waals surface area contributed by atoms with Gasteiger partial charge in [-0.3, -0.25) is 14.5 Å². The summed E-state index contributed by atoms with van der Waals surface area (Å²) in [4.78, 5) is 25.2. The number of aryl methyl sites for hydroxylation is 1. The normalized spacial score (nSPS) is 10.8. The van der Waals surface area contributed by atoms with Gasteiger partial charge in [0.25, 0.3) is 0 Å². The number of nitrogens with zero attached hydrogens (tertiary/aromatic N) is 1. The van der Waals surface area contributed by atoms with Crippen LogP contribution in [0.15, 0.2) is 24.3 Å². The third-order valence-corrected chi connectivity index (χ3v) is 2.92. The highest BCUT2D eigenvalue weighted by molar-refractivity contribution is 5.92. The summed E-state index contributed by atoms with van der Waals surface area (Å²) >= 11 is 0. The Kier molecular flexibility index (Phi) is 6.88. The van der Waals surface area contributed by atoms with Crippen LogP contribution in [-0.2, 0) is 16.0 Å². The molecular formula is C16H25N3O2. The van der Waals surface area contributed by atoms with Gasteiger partial charge in [0.1, 0.15) is 0 Å². The first-order valence-corrected chi connectivity index (χ1v) is 7.27. The second-order valence-corrected chi connectivity index (χ2v) is 5.49. The van der Waals surface area contributed by atoms with Crippen molar-refractivity contribution in [3.8, 4) is 0 Å². The first-order valence-electron chi connectivity index (χ1n) is 7.27. The van der Waals surface area contributed by atoms with Gasteiger partial charge >= 0.3 is 0 Å². The molecule has 0 fully saturated rings. The van der Waals surface area contributed by atoms with Crippen molar-refractivity contribution in [2.24, 2.45) is 0 Å². The van der Waals surface area contributed by atoms with E-state index in [2.05, 4.69) is 17.6 Å². The fourth-order valence-electron chi connectivity index (χ4n) is 1.94. The fraction of sp³-hybridized carbons (Fsp3) is 0.500. The molecule has 1 aromatic rings. The number of carbonyl (C=O) groups excluding carboxylic acids is 2. The van der Waals surface area contributed by atoms with E-state index < -0.39 is 0 Å². The third-order valence-electron chi connectivity index (χ3n) is 2.92. The third kappa shape index (κ3) is 6.90. The van der Waals surface area contributed by atoms with Crippen molar-refractivity contribution >= 4 is 17.5 Å². The molecule has 116 valence electrons. The van der Waals surface area contributed by atoms with Gasteiger partial charge < -0.3 is 10.6 Å². The van der Waals surface area contributed by atoms with Crippen molar-refractivity contribution in [3.05, 3.63) is 29.8 Å². The van der Waals surface area contributed by atoms with Crippen LogP contribution in [0.5, 0.6) is 0 Å². The lowest BCUT2D eigenvalue weighted by Gasteiger charge is -2.17. The Balaban J connectivity index is 2.39. The molecule has 2 amide bonds. The molecule has 0 heterocycles. The maximum absolute atomic E-state index is 11.9. The number of carbonyl (C=O) groups is 2. The van der Waals surface area contributed by atoms with E-state index in [1.165, 1.54) is 5.56 Å². The molecular weight excluding hydrogens is 266 g/mol. The maximum atomic E-state index is 11.9. The lowest BCUT2D eigenvalue weighted by atomic mass is 10.1. The lowest BCUT2D eigenvalue weighted by Crippen LogP contribution is -2.41. The standard InChI is InChI=1S/C16H25N3O2/c1-5-13-6-8-14(9-7-13)18-16(21)11-19(4)10-15(20)17-12(2)3/h6-9,12H,5,10-11H2,1-4H3,(H,17,20)(H,18,21). The van der Waals surface area contributed by atoms with Gasteiger partial charge in [0.05, 0.1) is 13.1 Å². The number of hydrogen-bond donors (Lipinski definition) is 2. The zero-order valence-electron chi connectivity index (χ0n) is 13.3. The largest absolute Gasteiger partial charge is 0.353 e. The van der Waals surface area contributed by atoms with Crippen LogP contribution in [0.1, 0.15) is 26.3 Å². The van der Waals surface area contributed by atoms with Gasteiger partial charge in [0.15, 0.2) is 0 Å². The summed E-state index contributed by atoms with van der Waals surface area (Å²) in [5.41, 5.74) is 2.01. The lowest BCUT2D eigenvalue weighted by molar-refractivity contribution is -0.123. The van der Waals surface area contributed by atoms with E-state index in [0.29, 0.717) is 0 Å². The zero-order chi connectivity index (χ0) is 15.8. The SMILES string of the molecule is CCc1ccc(NC(=O)CN(C)CC(=O)NC(C)C)cc1. The van der Waals surface area contributed by atoms with E-state index in [4.69, 9.17) is 0 Å². The molecule has 2 N–H and O–H groups in total. The second-order valence-electron chi connectivity index (χ2n) is 5.49. The van der Waals surface area contributed by atoms with Crippen LogP contribution in [0, 0.1) is 0 Å². The smallest absolute Gasteiger partial charge is 0.238 e. The van der Waals surface area contributed by atoms with Gasteiger partial charge in [-0.15, -0.1) is 0 Å². The Morgan fingerprint density at radius 1 is 1.10 bits per heavy atom. The predicted molar refractivity (Wildman–Crippen MR) is 85.2 cm³/mol.